The van der Waals surface area contributed by atoms with Crippen LogP contribution in [-0.4, -0.2) is 70.6 Å². The summed E-state index contributed by atoms with van der Waals surface area (Å²) in [5.74, 6) is 0.779. The number of H-pyrrole nitrogens is 1. The van der Waals surface area contributed by atoms with Gasteiger partial charge in [-0.1, -0.05) is 38.1 Å². The number of rotatable bonds is 9. The normalized spacial score (nSPS) is 17.2. The molecule has 2 heterocycles. The highest BCUT2D eigenvalue weighted by Crippen LogP contribution is 2.36. The number of amides is 2. The Morgan fingerprint density at radius 2 is 1.78 bits per heavy atom. The van der Waals surface area contributed by atoms with E-state index < -0.39 is 30.5 Å². The van der Waals surface area contributed by atoms with E-state index in [0.717, 1.165) is 16.7 Å². The third-order valence-corrected chi connectivity index (χ3v) is 6.99. The summed E-state index contributed by atoms with van der Waals surface area (Å²) in [6.45, 7) is 12.5. The maximum Gasteiger partial charge on any atom is 0.494 e. The first-order valence-electron chi connectivity index (χ1n) is 12.1. The van der Waals surface area contributed by atoms with Gasteiger partial charge in [-0.25, -0.2) is 9.78 Å². The van der Waals surface area contributed by atoms with Gasteiger partial charge in [-0.05, 0) is 44.6 Å². The number of benzene rings is 1. The number of thiol groups is 1. The summed E-state index contributed by atoms with van der Waals surface area (Å²) in [5, 5.41) is 2.63. The van der Waals surface area contributed by atoms with E-state index in [4.69, 9.17) is 9.31 Å². The zero-order valence-corrected chi connectivity index (χ0v) is 23.0. The number of ether oxygens (including phenoxy) is 1. The van der Waals surface area contributed by atoms with Crippen molar-refractivity contribution in [1.82, 2.24) is 20.2 Å². The first-order valence-corrected chi connectivity index (χ1v) is 12.8. The van der Waals surface area contributed by atoms with Crippen LogP contribution in [0.15, 0.2) is 30.5 Å². The molecule has 0 radical (unpaired) electrons. The Balaban J connectivity index is 1.72. The van der Waals surface area contributed by atoms with Gasteiger partial charge in [-0.15, -0.1) is 0 Å². The molecule has 2 amide bonds. The molecule has 1 saturated heterocycles. The van der Waals surface area contributed by atoms with Crippen molar-refractivity contribution < 1.29 is 23.6 Å². The summed E-state index contributed by atoms with van der Waals surface area (Å²) < 4.78 is 17.0. The molecule has 3 rings (SSSR count). The van der Waals surface area contributed by atoms with Crippen LogP contribution in [0.25, 0.3) is 11.3 Å². The van der Waals surface area contributed by atoms with Crippen LogP contribution in [0.1, 0.15) is 47.4 Å². The highest BCUT2D eigenvalue weighted by molar-refractivity contribution is 7.80. The lowest BCUT2D eigenvalue weighted by Gasteiger charge is -2.32. The molecule has 196 valence electrons. The smallest absolute Gasteiger partial charge is 0.453 e. The summed E-state index contributed by atoms with van der Waals surface area (Å²) >= 11 is 4.30. The molecule has 1 atom stereocenters. The second-order valence-electron chi connectivity index (χ2n) is 10.3. The Bertz CT molecular complexity index is 1040. The quantitative estimate of drug-likeness (QED) is 0.350. The summed E-state index contributed by atoms with van der Waals surface area (Å²) in [6.07, 6.45) is 1.10. The molecule has 36 heavy (non-hydrogen) atoms. The Labute approximate surface area is 219 Å². The Hall–Kier alpha value is -2.50. The fourth-order valence-electron chi connectivity index (χ4n) is 3.85. The average molecular weight is 516 g/mol. The minimum atomic E-state index is -0.714. The van der Waals surface area contributed by atoms with E-state index in [-0.39, 0.29) is 18.4 Å². The van der Waals surface area contributed by atoms with Gasteiger partial charge in [0.05, 0.1) is 36.7 Å². The van der Waals surface area contributed by atoms with E-state index in [0.29, 0.717) is 18.1 Å². The number of aromatic nitrogens is 2. The van der Waals surface area contributed by atoms with Crippen LogP contribution < -0.4 is 10.8 Å². The van der Waals surface area contributed by atoms with Gasteiger partial charge in [0.25, 0.3) is 0 Å². The van der Waals surface area contributed by atoms with Crippen molar-refractivity contribution in [2.24, 2.45) is 5.92 Å². The van der Waals surface area contributed by atoms with Gasteiger partial charge in [0.1, 0.15) is 11.9 Å². The monoisotopic (exact) mass is 516 g/mol. The molecule has 1 aliphatic rings. The molecule has 0 bridgehead atoms. The van der Waals surface area contributed by atoms with Crippen LogP contribution in [0, 0.1) is 5.92 Å². The summed E-state index contributed by atoms with van der Waals surface area (Å²) in [4.78, 5) is 34.4. The lowest BCUT2D eigenvalue weighted by atomic mass is 9.79. The minimum absolute atomic E-state index is 0.117. The van der Waals surface area contributed by atoms with E-state index >= 15 is 0 Å². The highest BCUT2D eigenvalue weighted by Gasteiger charge is 2.51. The molecule has 1 aliphatic heterocycles. The van der Waals surface area contributed by atoms with Crippen molar-refractivity contribution in [1.29, 1.82) is 0 Å². The highest BCUT2D eigenvalue weighted by atomic mass is 32.1. The van der Waals surface area contributed by atoms with Crippen LogP contribution in [0.3, 0.4) is 0 Å². The number of methoxy groups -OCH3 is 1. The maximum absolute atomic E-state index is 13.2. The van der Waals surface area contributed by atoms with Gasteiger partial charge in [0.15, 0.2) is 0 Å². The van der Waals surface area contributed by atoms with Crippen molar-refractivity contribution in [2.75, 3.05) is 19.4 Å². The van der Waals surface area contributed by atoms with Crippen LogP contribution in [-0.2, 0) is 25.4 Å². The van der Waals surface area contributed by atoms with E-state index in [1.165, 1.54) is 7.11 Å². The number of aromatic amines is 1. The number of hydrogen-bond donors (Lipinski definition) is 3. The fourth-order valence-corrected chi connectivity index (χ4v) is 4.09. The lowest BCUT2D eigenvalue weighted by molar-refractivity contribution is -0.134. The maximum atomic E-state index is 13.2. The number of alkyl carbamates (subject to hydrolysis) is 1. The predicted octanol–water partition coefficient (Wildman–Crippen LogP) is 3.01. The molecule has 2 aromatic rings. The number of nitrogens with zero attached hydrogens (tertiary/aromatic N) is 2. The molecule has 2 N–H and O–H groups in total. The third kappa shape index (κ3) is 6.25. The third-order valence-electron chi connectivity index (χ3n) is 6.79. The van der Waals surface area contributed by atoms with Gasteiger partial charge >= 0.3 is 13.2 Å². The predicted molar refractivity (Wildman–Crippen MR) is 143 cm³/mol. The van der Waals surface area contributed by atoms with Crippen LogP contribution in [0.2, 0.25) is 0 Å². The number of carbonyl (C=O) groups is 2. The number of imidazole rings is 1. The van der Waals surface area contributed by atoms with Crippen LogP contribution in [0.4, 0.5) is 4.79 Å². The van der Waals surface area contributed by atoms with Gasteiger partial charge in [0.2, 0.25) is 5.91 Å². The zero-order valence-electron chi connectivity index (χ0n) is 22.1. The van der Waals surface area contributed by atoms with Gasteiger partial charge in [-0.3, -0.25) is 4.79 Å². The summed E-state index contributed by atoms with van der Waals surface area (Å²) in [5.41, 5.74) is 1.93. The van der Waals surface area contributed by atoms with E-state index in [1.807, 2.05) is 65.8 Å². The SMILES string of the molecule is COC(=O)N[C@H](C(=O)N(CCS)Cc1ncc(-c2ccc(B3OC(C)(C)C(C)(C)O3)cc2)[nH]1)C(C)C. The Morgan fingerprint density at radius 1 is 1.17 bits per heavy atom. The largest absolute Gasteiger partial charge is 0.494 e. The number of hydrogen-bond acceptors (Lipinski definition) is 7. The number of carbonyl (C=O) groups excluding carboxylic acids is 2. The van der Waals surface area contributed by atoms with Crippen molar-refractivity contribution in [3.63, 3.8) is 0 Å². The molecule has 1 aromatic carbocycles. The minimum Gasteiger partial charge on any atom is -0.453 e. The molecule has 0 spiro atoms. The lowest BCUT2D eigenvalue weighted by Crippen LogP contribution is -2.51. The number of nitrogens with one attached hydrogen (secondary N) is 2. The average Bonchev–Trinajstić information content (AvgIpc) is 3.37. The van der Waals surface area contributed by atoms with E-state index in [9.17, 15) is 9.59 Å². The van der Waals surface area contributed by atoms with Crippen molar-refractivity contribution >= 4 is 37.2 Å². The van der Waals surface area contributed by atoms with Crippen LogP contribution >= 0.6 is 12.6 Å². The molecule has 1 aromatic heterocycles. The van der Waals surface area contributed by atoms with Gasteiger partial charge in [0, 0.05) is 12.3 Å². The van der Waals surface area contributed by atoms with Crippen LogP contribution in [0.5, 0.6) is 0 Å². The standard InChI is InChI=1S/C25H37BN4O5S/c1-16(2)21(29-23(32)33-7)22(31)30(12-13-36)15-20-27-14-19(28-20)17-8-10-18(11-9-17)26-34-24(3,4)25(5,6)35-26/h8-11,14,16,21,36H,12-13,15H2,1-7H3,(H,27,28)(H,29,32)/t21-/m0/s1. The fraction of sp³-hybridized carbons (Fsp3) is 0.560. The summed E-state index contributed by atoms with van der Waals surface area (Å²) in [7, 11) is 0.851. The van der Waals surface area contributed by atoms with Crippen molar-refractivity contribution in [3.8, 4) is 11.3 Å². The van der Waals surface area contributed by atoms with Crippen molar-refractivity contribution in [3.05, 3.63) is 36.3 Å². The van der Waals surface area contributed by atoms with Gasteiger partial charge in [-0.2, -0.15) is 12.6 Å². The second-order valence-corrected chi connectivity index (χ2v) is 10.7. The molecule has 1 fully saturated rings. The molecule has 0 aliphatic carbocycles. The topological polar surface area (TPSA) is 106 Å². The molecular formula is C25H37BN4O5S. The molecule has 0 unspecified atom stereocenters. The summed E-state index contributed by atoms with van der Waals surface area (Å²) in [6, 6.07) is 7.24. The molecule has 9 nitrogen and oxygen atoms in total. The first-order chi connectivity index (χ1) is 16.9. The Morgan fingerprint density at radius 3 is 2.31 bits per heavy atom. The van der Waals surface area contributed by atoms with Crippen molar-refractivity contribution in [2.45, 2.75) is 65.3 Å². The second kappa shape index (κ2) is 11.3. The Kier molecular flexibility index (Phi) is 8.79. The molecular weight excluding hydrogens is 479 g/mol. The van der Waals surface area contributed by atoms with Gasteiger partial charge < -0.3 is 29.2 Å². The first kappa shape index (κ1) is 28.1. The zero-order chi connectivity index (χ0) is 26.7. The van der Waals surface area contributed by atoms with E-state index in [2.05, 4.69) is 32.7 Å². The molecule has 11 heteroatoms. The molecule has 0 saturated carbocycles. The van der Waals surface area contributed by atoms with E-state index in [1.54, 1.807) is 11.1 Å².